The van der Waals surface area contributed by atoms with Gasteiger partial charge in [-0.15, -0.1) is 11.3 Å². The summed E-state index contributed by atoms with van der Waals surface area (Å²) in [5, 5.41) is 29.8. The maximum Gasteiger partial charge on any atom is 0.408 e. The van der Waals surface area contributed by atoms with Crippen LogP contribution in [0.25, 0.3) is 10.6 Å². The van der Waals surface area contributed by atoms with Crippen molar-refractivity contribution >= 4 is 29.4 Å². The first-order valence-electron chi connectivity index (χ1n) is 11.5. The van der Waals surface area contributed by atoms with Crippen LogP contribution in [0.3, 0.4) is 0 Å². The van der Waals surface area contributed by atoms with Gasteiger partial charge in [-0.3, -0.25) is 9.69 Å². The van der Waals surface area contributed by atoms with E-state index in [4.69, 9.17) is 20.1 Å². The highest BCUT2D eigenvalue weighted by Crippen LogP contribution is 2.31. The maximum absolute atomic E-state index is 13.1. The van der Waals surface area contributed by atoms with Crippen LogP contribution >= 0.6 is 11.3 Å². The zero-order chi connectivity index (χ0) is 26.5. The van der Waals surface area contributed by atoms with E-state index in [1.54, 1.807) is 12.1 Å². The number of nitrogens with one attached hydrogen (secondary N) is 1. The number of nitrogens with zero attached hydrogens (tertiary/aromatic N) is 2. The summed E-state index contributed by atoms with van der Waals surface area (Å²) in [6.07, 6.45) is -0.746. The summed E-state index contributed by atoms with van der Waals surface area (Å²) in [6, 6.07) is 6.26. The molecule has 36 heavy (non-hydrogen) atoms. The molecule has 2 atom stereocenters. The molecule has 196 valence electrons. The van der Waals surface area contributed by atoms with Crippen LogP contribution in [0.2, 0.25) is 0 Å². The Labute approximate surface area is 211 Å². The molecule has 4 N–H and O–H groups in total. The number of aliphatic hydroxyl groups is 1. The van der Waals surface area contributed by atoms with Gasteiger partial charge >= 0.3 is 18.0 Å². The number of carboxylic acids is 2. The first-order valence-corrected chi connectivity index (χ1v) is 12.4. The molecule has 3 aliphatic rings. The third-order valence-corrected chi connectivity index (χ3v) is 7.05. The van der Waals surface area contributed by atoms with E-state index >= 15 is 0 Å². The van der Waals surface area contributed by atoms with Gasteiger partial charge in [0.1, 0.15) is 16.9 Å². The molecule has 5 rings (SSSR count). The van der Waals surface area contributed by atoms with Crippen LogP contribution in [0.4, 0.5) is 9.18 Å². The van der Waals surface area contributed by atoms with Gasteiger partial charge < -0.3 is 25.4 Å². The zero-order valence-corrected chi connectivity index (χ0v) is 20.8. The number of halogens is 1. The minimum Gasteiger partial charge on any atom is -0.481 e. The molecule has 1 unspecified atom stereocenters. The van der Waals surface area contributed by atoms with Crippen LogP contribution in [0.5, 0.6) is 0 Å². The predicted molar refractivity (Wildman–Crippen MR) is 129 cm³/mol. The average molecular weight is 524 g/mol. The Hall–Kier alpha value is -3.09. The number of benzene rings is 1. The molecule has 1 amide bonds. The molecular formula is C24H30FN3O7S. The Bertz CT molecular complexity index is 1070. The van der Waals surface area contributed by atoms with E-state index in [1.165, 1.54) is 23.5 Å². The van der Waals surface area contributed by atoms with Crippen LogP contribution in [0.1, 0.15) is 38.8 Å². The maximum atomic E-state index is 13.1. The highest BCUT2D eigenvalue weighted by Gasteiger charge is 2.37. The number of aromatic nitrogens is 1. The third kappa shape index (κ3) is 7.45. The molecule has 0 radical (unpaired) electrons. The molecular weight excluding hydrogens is 493 g/mol. The van der Waals surface area contributed by atoms with E-state index < -0.39 is 36.1 Å². The van der Waals surface area contributed by atoms with Crippen molar-refractivity contribution < 1.29 is 38.8 Å². The summed E-state index contributed by atoms with van der Waals surface area (Å²) in [5.74, 6) is -2.64. The minimum atomic E-state index is -1.79. The number of ether oxygens (including phenoxy) is 1. The number of carbonyl (C=O) groups is 3. The largest absolute Gasteiger partial charge is 0.481 e. The molecule has 3 fully saturated rings. The fourth-order valence-electron chi connectivity index (χ4n) is 4.07. The van der Waals surface area contributed by atoms with Crippen molar-refractivity contribution in [2.75, 3.05) is 19.6 Å². The summed E-state index contributed by atoms with van der Waals surface area (Å²) < 4.78 is 18.8. The van der Waals surface area contributed by atoms with Crippen molar-refractivity contribution in [3.63, 3.8) is 0 Å². The molecule has 1 aromatic heterocycles. The summed E-state index contributed by atoms with van der Waals surface area (Å²) in [7, 11) is 0. The van der Waals surface area contributed by atoms with Gasteiger partial charge in [0.15, 0.2) is 6.10 Å². The monoisotopic (exact) mass is 523 g/mol. The number of hydrogen-bond donors (Lipinski definition) is 4. The van der Waals surface area contributed by atoms with Crippen LogP contribution in [0, 0.1) is 11.7 Å². The molecule has 1 aromatic carbocycles. The Kier molecular flexibility index (Phi) is 8.98. The first kappa shape index (κ1) is 27.5. The lowest BCUT2D eigenvalue weighted by Crippen LogP contribution is -2.53. The van der Waals surface area contributed by atoms with E-state index in [1.807, 2.05) is 19.2 Å². The van der Waals surface area contributed by atoms with Gasteiger partial charge in [-0.05, 0) is 70.0 Å². The van der Waals surface area contributed by atoms with Crippen molar-refractivity contribution in [3.05, 3.63) is 41.2 Å². The molecule has 0 aliphatic carbocycles. The van der Waals surface area contributed by atoms with Gasteiger partial charge in [0.2, 0.25) is 0 Å². The summed E-state index contributed by atoms with van der Waals surface area (Å²) in [4.78, 5) is 38.9. The second-order valence-corrected chi connectivity index (χ2v) is 10.2. The quantitative estimate of drug-likeness (QED) is 0.430. The van der Waals surface area contributed by atoms with E-state index in [0.717, 1.165) is 48.7 Å². The van der Waals surface area contributed by atoms with Gasteiger partial charge in [-0.25, -0.2) is 19.0 Å². The van der Waals surface area contributed by atoms with Crippen molar-refractivity contribution in [3.8, 4) is 10.6 Å². The van der Waals surface area contributed by atoms with E-state index in [-0.39, 0.29) is 11.9 Å². The highest BCUT2D eigenvalue weighted by molar-refractivity contribution is 7.13. The number of hydrogen-bond acceptors (Lipinski definition) is 8. The van der Waals surface area contributed by atoms with Crippen molar-refractivity contribution in [2.45, 2.75) is 50.9 Å². The molecule has 2 aromatic rings. The number of thiazole rings is 1. The lowest BCUT2D eigenvalue weighted by atomic mass is 9.86. The number of aliphatic hydroxyl groups excluding tert-OH is 1. The lowest BCUT2D eigenvalue weighted by molar-refractivity contribution is -0.152. The van der Waals surface area contributed by atoms with E-state index in [2.05, 4.69) is 15.2 Å². The van der Waals surface area contributed by atoms with Gasteiger partial charge in [0.05, 0.1) is 17.7 Å². The zero-order valence-electron chi connectivity index (χ0n) is 20.0. The molecule has 3 aliphatic heterocycles. The molecule has 10 nitrogen and oxygen atoms in total. The molecule has 12 heteroatoms. The fraction of sp³-hybridized carbons (Fsp3) is 0.500. The SMILES string of the molecule is CC(C)(NC(=O)O[C@@H]1CN2CCC1CC2)c1csc(-c2ccc(F)cc2)n1.O=C(O)CC(O)C(=O)O. The smallest absolute Gasteiger partial charge is 0.408 e. The number of rotatable bonds is 7. The van der Waals surface area contributed by atoms with Crippen LogP contribution in [-0.4, -0.2) is 75.1 Å². The molecule has 0 saturated carbocycles. The van der Waals surface area contributed by atoms with Crippen molar-refractivity contribution in [2.24, 2.45) is 5.92 Å². The standard InChI is InChI=1S/C20H24FN3O2S.C4H6O5/c1-20(2,17-12-27-18(22-17)14-3-5-15(21)6-4-14)23-19(25)26-16-11-24-9-7-13(16)8-10-24;5-2(4(8)9)1-3(6)7/h3-6,12-13,16H,7-11H2,1-2H3,(H,23,25);2,5H,1H2,(H,6,7)(H,8,9)/t16-;/m1./s1. The number of fused-ring (bicyclic) bond motifs is 3. The van der Waals surface area contributed by atoms with Crippen LogP contribution in [0.15, 0.2) is 29.6 Å². The number of alkyl carbamates (subject to hydrolysis) is 1. The van der Waals surface area contributed by atoms with E-state index in [9.17, 15) is 18.8 Å². The van der Waals surface area contributed by atoms with Crippen LogP contribution in [-0.2, 0) is 19.9 Å². The number of aliphatic carboxylic acids is 2. The number of amides is 1. The Balaban J connectivity index is 0.000000345. The van der Waals surface area contributed by atoms with Gasteiger partial charge in [0.25, 0.3) is 0 Å². The van der Waals surface area contributed by atoms with Gasteiger partial charge in [-0.2, -0.15) is 0 Å². The normalized spacial score (nSPS) is 21.6. The topological polar surface area (TPSA) is 149 Å². The number of piperidine rings is 3. The summed E-state index contributed by atoms with van der Waals surface area (Å²) in [5.41, 5.74) is 0.968. The second-order valence-electron chi connectivity index (χ2n) is 9.33. The van der Waals surface area contributed by atoms with Gasteiger partial charge in [-0.1, -0.05) is 0 Å². The average Bonchev–Trinajstić information content (AvgIpc) is 3.31. The van der Waals surface area contributed by atoms with E-state index in [0.29, 0.717) is 5.92 Å². The number of carboxylic acid groups (broad SMARTS) is 2. The van der Waals surface area contributed by atoms with Crippen molar-refractivity contribution in [1.29, 1.82) is 0 Å². The Morgan fingerprint density at radius 1 is 1.22 bits per heavy atom. The summed E-state index contributed by atoms with van der Waals surface area (Å²) in [6.45, 7) is 6.89. The number of carbonyl (C=O) groups excluding carboxylic acids is 1. The molecule has 2 bridgehead atoms. The predicted octanol–water partition coefficient (Wildman–Crippen LogP) is 2.91. The van der Waals surface area contributed by atoms with Gasteiger partial charge in [0, 0.05) is 17.5 Å². The lowest BCUT2D eigenvalue weighted by Gasteiger charge is -2.44. The first-order chi connectivity index (χ1) is 16.9. The fourth-order valence-corrected chi connectivity index (χ4v) is 5.06. The molecule has 4 heterocycles. The summed E-state index contributed by atoms with van der Waals surface area (Å²) >= 11 is 1.48. The Morgan fingerprint density at radius 3 is 2.36 bits per heavy atom. The Morgan fingerprint density at radius 2 is 1.86 bits per heavy atom. The van der Waals surface area contributed by atoms with Crippen LogP contribution < -0.4 is 5.32 Å². The molecule has 0 spiro atoms. The minimum absolute atomic E-state index is 0.0199. The highest BCUT2D eigenvalue weighted by atomic mass is 32.1. The third-order valence-electron chi connectivity index (χ3n) is 6.16. The second kappa shape index (κ2) is 11.8. The van der Waals surface area contributed by atoms with Crippen molar-refractivity contribution in [1.82, 2.24) is 15.2 Å². The molecule has 3 saturated heterocycles.